The van der Waals surface area contributed by atoms with Crippen molar-refractivity contribution in [2.24, 2.45) is 29.6 Å². The Kier molecular flexibility index (Phi) is 3.84. The Morgan fingerprint density at radius 3 is 2.26 bits per heavy atom. The summed E-state index contributed by atoms with van der Waals surface area (Å²) in [5, 5.41) is 12.7. The number of hydrogen-bond donors (Lipinski definition) is 2. The quantitative estimate of drug-likeness (QED) is 0.801. The molecule has 3 nitrogen and oxygen atoms in total. The van der Waals surface area contributed by atoms with Crippen molar-refractivity contribution in [2.45, 2.75) is 58.0 Å². The van der Waals surface area contributed by atoms with Gasteiger partial charge >= 0.3 is 0 Å². The molecule has 0 heterocycles. The number of aliphatic hydroxyl groups excluding tert-OH is 1. The summed E-state index contributed by atoms with van der Waals surface area (Å²) in [6.45, 7) is 2.50. The fourth-order valence-electron chi connectivity index (χ4n) is 5.12. The molecular formula is C16H27NO2. The standard InChI is InChI=1S/C16H27NO2/c1-2-3-14(18)9-17-16(19)15-12-5-10-4-11(7-12)8-13(15)6-10/h10-15,18H,2-9H2,1H3,(H,17,19). The highest BCUT2D eigenvalue weighted by Crippen LogP contribution is 2.56. The molecule has 0 aromatic carbocycles. The lowest BCUT2D eigenvalue weighted by atomic mass is 9.51. The Labute approximate surface area is 116 Å². The van der Waals surface area contributed by atoms with Gasteiger partial charge in [-0.1, -0.05) is 13.3 Å². The van der Waals surface area contributed by atoms with Crippen molar-refractivity contribution < 1.29 is 9.90 Å². The van der Waals surface area contributed by atoms with E-state index in [1.165, 1.54) is 32.1 Å². The van der Waals surface area contributed by atoms with Crippen LogP contribution in [0.5, 0.6) is 0 Å². The highest BCUT2D eigenvalue weighted by molar-refractivity contribution is 5.79. The SMILES string of the molecule is CCCC(O)CNC(=O)C1C2CC3CC(C2)CC1C3. The van der Waals surface area contributed by atoms with Gasteiger partial charge in [-0.05, 0) is 62.2 Å². The molecule has 0 radical (unpaired) electrons. The van der Waals surface area contributed by atoms with Crippen molar-refractivity contribution in [1.82, 2.24) is 5.32 Å². The molecule has 3 heteroatoms. The molecule has 0 saturated heterocycles. The van der Waals surface area contributed by atoms with Crippen molar-refractivity contribution >= 4 is 5.91 Å². The summed E-state index contributed by atoms with van der Waals surface area (Å²) >= 11 is 0. The van der Waals surface area contributed by atoms with Gasteiger partial charge in [-0.25, -0.2) is 0 Å². The summed E-state index contributed by atoms with van der Waals surface area (Å²) in [5.41, 5.74) is 0. The summed E-state index contributed by atoms with van der Waals surface area (Å²) in [7, 11) is 0. The third-order valence-electron chi connectivity index (χ3n) is 5.66. The van der Waals surface area contributed by atoms with Crippen molar-refractivity contribution in [3.63, 3.8) is 0 Å². The topological polar surface area (TPSA) is 49.3 Å². The van der Waals surface area contributed by atoms with Crippen LogP contribution in [-0.2, 0) is 4.79 Å². The monoisotopic (exact) mass is 265 g/mol. The van der Waals surface area contributed by atoms with Gasteiger partial charge in [-0.3, -0.25) is 4.79 Å². The molecule has 0 aromatic heterocycles. The lowest BCUT2D eigenvalue weighted by Crippen LogP contribution is -2.51. The van der Waals surface area contributed by atoms with Crippen molar-refractivity contribution in [3.05, 3.63) is 0 Å². The lowest BCUT2D eigenvalue weighted by molar-refractivity contribution is -0.138. The van der Waals surface area contributed by atoms with E-state index in [0.717, 1.165) is 24.7 Å². The predicted octanol–water partition coefficient (Wildman–Crippen LogP) is 2.34. The average molecular weight is 265 g/mol. The maximum Gasteiger partial charge on any atom is 0.223 e. The second-order valence-electron chi connectivity index (χ2n) is 7.14. The van der Waals surface area contributed by atoms with Crippen LogP contribution < -0.4 is 5.32 Å². The molecule has 1 atom stereocenters. The molecule has 1 unspecified atom stereocenters. The predicted molar refractivity (Wildman–Crippen MR) is 74.5 cm³/mol. The first-order chi connectivity index (χ1) is 9.17. The van der Waals surface area contributed by atoms with Crippen LogP contribution in [0.2, 0.25) is 0 Å². The van der Waals surface area contributed by atoms with Gasteiger partial charge in [0.25, 0.3) is 0 Å². The number of carbonyl (C=O) groups excluding carboxylic acids is 1. The molecule has 4 saturated carbocycles. The molecule has 4 fully saturated rings. The zero-order valence-corrected chi connectivity index (χ0v) is 12.0. The molecule has 4 aliphatic carbocycles. The molecule has 19 heavy (non-hydrogen) atoms. The van der Waals surface area contributed by atoms with Gasteiger partial charge in [-0.2, -0.15) is 0 Å². The van der Waals surface area contributed by atoms with Crippen LogP contribution in [0.25, 0.3) is 0 Å². The smallest absolute Gasteiger partial charge is 0.223 e. The largest absolute Gasteiger partial charge is 0.391 e. The van der Waals surface area contributed by atoms with Crippen LogP contribution >= 0.6 is 0 Å². The highest BCUT2D eigenvalue weighted by Gasteiger charge is 2.50. The second kappa shape index (κ2) is 5.43. The maximum absolute atomic E-state index is 12.4. The van der Waals surface area contributed by atoms with Crippen LogP contribution in [-0.4, -0.2) is 23.7 Å². The van der Waals surface area contributed by atoms with E-state index in [9.17, 15) is 9.90 Å². The average Bonchev–Trinajstić information content (AvgIpc) is 2.35. The van der Waals surface area contributed by atoms with E-state index in [0.29, 0.717) is 18.4 Å². The van der Waals surface area contributed by atoms with E-state index >= 15 is 0 Å². The molecular weight excluding hydrogens is 238 g/mol. The lowest BCUT2D eigenvalue weighted by Gasteiger charge is -2.53. The fraction of sp³-hybridized carbons (Fsp3) is 0.938. The van der Waals surface area contributed by atoms with E-state index in [-0.39, 0.29) is 17.9 Å². The molecule has 0 spiro atoms. The van der Waals surface area contributed by atoms with Crippen LogP contribution in [0.4, 0.5) is 0 Å². The van der Waals surface area contributed by atoms with Crippen LogP contribution in [0.15, 0.2) is 0 Å². The zero-order chi connectivity index (χ0) is 13.4. The van der Waals surface area contributed by atoms with Crippen molar-refractivity contribution in [2.75, 3.05) is 6.54 Å². The van der Waals surface area contributed by atoms with Gasteiger partial charge in [0.2, 0.25) is 5.91 Å². The fourth-order valence-corrected chi connectivity index (χ4v) is 5.12. The van der Waals surface area contributed by atoms with Crippen LogP contribution in [0.3, 0.4) is 0 Å². The van der Waals surface area contributed by atoms with E-state index < -0.39 is 0 Å². The van der Waals surface area contributed by atoms with Gasteiger partial charge in [0.1, 0.15) is 0 Å². The van der Waals surface area contributed by atoms with E-state index in [2.05, 4.69) is 12.2 Å². The third-order valence-corrected chi connectivity index (χ3v) is 5.66. The Morgan fingerprint density at radius 1 is 1.16 bits per heavy atom. The summed E-state index contributed by atoms with van der Waals surface area (Å²) < 4.78 is 0. The highest BCUT2D eigenvalue weighted by atomic mass is 16.3. The second-order valence-corrected chi connectivity index (χ2v) is 7.14. The molecule has 4 rings (SSSR count). The Morgan fingerprint density at radius 2 is 1.74 bits per heavy atom. The Bertz CT molecular complexity index is 314. The normalized spacial score (nSPS) is 41.3. The van der Waals surface area contributed by atoms with Gasteiger partial charge in [0.05, 0.1) is 6.10 Å². The molecule has 0 aliphatic heterocycles. The number of hydrogen-bond acceptors (Lipinski definition) is 2. The van der Waals surface area contributed by atoms with Crippen LogP contribution in [0, 0.1) is 29.6 Å². The summed E-state index contributed by atoms with van der Waals surface area (Å²) in [5.74, 6) is 3.58. The minimum Gasteiger partial charge on any atom is -0.391 e. The number of carbonyl (C=O) groups is 1. The van der Waals surface area contributed by atoms with Gasteiger partial charge in [0, 0.05) is 12.5 Å². The summed E-state index contributed by atoms with van der Waals surface area (Å²) in [4.78, 5) is 12.4. The number of rotatable bonds is 5. The first-order valence-corrected chi connectivity index (χ1v) is 8.13. The van der Waals surface area contributed by atoms with Crippen molar-refractivity contribution in [1.29, 1.82) is 0 Å². The Hall–Kier alpha value is -0.570. The zero-order valence-electron chi connectivity index (χ0n) is 12.0. The van der Waals surface area contributed by atoms with E-state index in [1.54, 1.807) is 0 Å². The number of aliphatic hydroxyl groups is 1. The Balaban J connectivity index is 1.55. The summed E-state index contributed by atoms with van der Waals surface area (Å²) in [6.07, 6.45) is 7.93. The minimum absolute atomic E-state index is 0.226. The third kappa shape index (κ3) is 2.67. The summed E-state index contributed by atoms with van der Waals surface area (Å²) in [6, 6.07) is 0. The first kappa shape index (κ1) is 13.4. The number of nitrogens with one attached hydrogen (secondary N) is 1. The first-order valence-electron chi connectivity index (χ1n) is 8.13. The van der Waals surface area contributed by atoms with Crippen molar-refractivity contribution in [3.8, 4) is 0 Å². The number of amides is 1. The molecule has 0 aromatic rings. The molecule has 4 bridgehead atoms. The van der Waals surface area contributed by atoms with E-state index in [1.807, 2.05) is 0 Å². The van der Waals surface area contributed by atoms with Gasteiger partial charge in [0.15, 0.2) is 0 Å². The van der Waals surface area contributed by atoms with Gasteiger partial charge < -0.3 is 10.4 Å². The van der Waals surface area contributed by atoms with Gasteiger partial charge in [-0.15, -0.1) is 0 Å². The molecule has 1 amide bonds. The van der Waals surface area contributed by atoms with Crippen LogP contribution in [0.1, 0.15) is 51.9 Å². The maximum atomic E-state index is 12.4. The van der Waals surface area contributed by atoms with E-state index in [4.69, 9.17) is 0 Å². The molecule has 108 valence electrons. The minimum atomic E-state index is -0.370. The molecule has 2 N–H and O–H groups in total. The molecule has 4 aliphatic rings.